The highest BCUT2D eigenvalue weighted by atomic mass is 16.2. The standard InChI is InChI=1S/C19H24N2O/c20-13-4-14-21(18-11-12-18)19(22)17-9-7-16(8-10-17)15-5-2-1-3-6-15/h7-10,15,18H,1-6,11-12,14H2. The Morgan fingerprint density at radius 2 is 1.77 bits per heavy atom. The Morgan fingerprint density at radius 1 is 1.09 bits per heavy atom. The van der Waals surface area contributed by atoms with E-state index in [1.807, 2.05) is 17.0 Å². The number of nitriles is 1. The summed E-state index contributed by atoms with van der Waals surface area (Å²) >= 11 is 0. The molecule has 0 spiro atoms. The van der Waals surface area contributed by atoms with Crippen molar-refractivity contribution in [2.24, 2.45) is 0 Å². The minimum Gasteiger partial charge on any atom is -0.335 e. The number of hydrogen-bond acceptors (Lipinski definition) is 2. The Hall–Kier alpha value is -1.82. The van der Waals surface area contributed by atoms with Crippen LogP contribution in [0.4, 0.5) is 0 Å². The number of nitrogens with zero attached hydrogens (tertiary/aromatic N) is 2. The summed E-state index contributed by atoms with van der Waals surface area (Å²) in [6.07, 6.45) is 9.16. The van der Waals surface area contributed by atoms with E-state index in [2.05, 4.69) is 18.2 Å². The molecule has 1 aromatic rings. The average Bonchev–Trinajstić information content (AvgIpc) is 3.41. The topological polar surface area (TPSA) is 44.1 Å². The summed E-state index contributed by atoms with van der Waals surface area (Å²) in [5.74, 6) is 0.768. The third-order valence-electron chi connectivity index (χ3n) is 4.95. The van der Waals surface area contributed by atoms with Gasteiger partial charge in [-0.3, -0.25) is 4.79 Å². The van der Waals surface area contributed by atoms with Gasteiger partial charge in [-0.1, -0.05) is 31.4 Å². The molecule has 22 heavy (non-hydrogen) atoms. The lowest BCUT2D eigenvalue weighted by molar-refractivity contribution is 0.0747. The van der Waals surface area contributed by atoms with E-state index in [-0.39, 0.29) is 5.91 Å². The van der Waals surface area contributed by atoms with Crippen molar-refractivity contribution in [2.45, 2.75) is 63.3 Å². The highest BCUT2D eigenvalue weighted by Gasteiger charge is 2.32. The van der Waals surface area contributed by atoms with Crippen LogP contribution in [0.2, 0.25) is 0 Å². The molecular weight excluding hydrogens is 272 g/mol. The van der Waals surface area contributed by atoms with Crippen molar-refractivity contribution < 1.29 is 4.79 Å². The molecule has 0 aliphatic heterocycles. The van der Waals surface area contributed by atoms with E-state index in [0.29, 0.717) is 24.9 Å². The maximum absolute atomic E-state index is 12.6. The second-order valence-electron chi connectivity index (χ2n) is 6.59. The number of carbonyl (C=O) groups excluding carboxylic acids is 1. The Morgan fingerprint density at radius 3 is 2.36 bits per heavy atom. The van der Waals surface area contributed by atoms with E-state index in [1.165, 1.54) is 37.7 Å². The molecule has 0 heterocycles. The molecule has 0 bridgehead atoms. The van der Waals surface area contributed by atoms with Gasteiger partial charge < -0.3 is 4.90 Å². The smallest absolute Gasteiger partial charge is 0.254 e. The second kappa shape index (κ2) is 6.96. The summed E-state index contributed by atoms with van der Waals surface area (Å²) < 4.78 is 0. The van der Waals surface area contributed by atoms with Crippen molar-refractivity contribution in [1.29, 1.82) is 5.26 Å². The van der Waals surface area contributed by atoms with Crippen LogP contribution in [0, 0.1) is 11.3 Å². The summed E-state index contributed by atoms with van der Waals surface area (Å²) in [5.41, 5.74) is 2.15. The van der Waals surface area contributed by atoms with Gasteiger partial charge in [0.2, 0.25) is 0 Å². The summed E-state index contributed by atoms with van der Waals surface area (Å²) in [5, 5.41) is 8.76. The van der Waals surface area contributed by atoms with E-state index in [0.717, 1.165) is 18.4 Å². The molecule has 3 rings (SSSR count). The van der Waals surface area contributed by atoms with Gasteiger partial charge in [-0.05, 0) is 49.3 Å². The second-order valence-corrected chi connectivity index (χ2v) is 6.59. The normalized spacial score (nSPS) is 18.7. The van der Waals surface area contributed by atoms with Crippen LogP contribution < -0.4 is 0 Å². The van der Waals surface area contributed by atoms with E-state index in [1.54, 1.807) is 0 Å². The van der Waals surface area contributed by atoms with Crippen molar-refractivity contribution >= 4 is 5.91 Å². The first-order valence-corrected chi connectivity index (χ1v) is 8.57. The lowest BCUT2D eigenvalue weighted by atomic mass is 9.84. The lowest BCUT2D eigenvalue weighted by Gasteiger charge is -2.23. The van der Waals surface area contributed by atoms with Gasteiger partial charge in [0.15, 0.2) is 0 Å². The van der Waals surface area contributed by atoms with Crippen molar-refractivity contribution in [2.75, 3.05) is 6.54 Å². The molecule has 1 aromatic carbocycles. The van der Waals surface area contributed by atoms with Gasteiger partial charge in [0.25, 0.3) is 5.91 Å². The molecule has 0 atom stereocenters. The van der Waals surface area contributed by atoms with Crippen molar-refractivity contribution in [1.82, 2.24) is 4.90 Å². The van der Waals surface area contributed by atoms with Gasteiger partial charge in [-0.25, -0.2) is 0 Å². The van der Waals surface area contributed by atoms with Crippen LogP contribution in [0.1, 0.15) is 73.2 Å². The number of amides is 1. The highest BCUT2D eigenvalue weighted by Crippen LogP contribution is 2.33. The zero-order chi connectivity index (χ0) is 15.4. The van der Waals surface area contributed by atoms with Crippen molar-refractivity contribution in [3.8, 4) is 6.07 Å². The number of benzene rings is 1. The minimum absolute atomic E-state index is 0.0907. The number of carbonyl (C=O) groups is 1. The highest BCUT2D eigenvalue weighted by molar-refractivity contribution is 5.94. The molecule has 3 heteroatoms. The lowest BCUT2D eigenvalue weighted by Crippen LogP contribution is -2.33. The number of rotatable bonds is 5. The zero-order valence-electron chi connectivity index (χ0n) is 13.1. The van der Waals surface area contributed by atoms with Crippen LogP contribution in [0.5, 0.6) is 0 Å². The maximum Gasteiger partial charge on any atom is 0.254 e. The fourth-order valence-electron chi connectivity index (χ4n) is 3.51. The van der Waals surface area contributed by atoms with Gasteiger partial charge in [0, 0.05) is 18.2 Å². The monoisotopic (exact) mass is 296 g/mol. The molecular formula is C19H24N2O. The van der Waals surface area contributed by atoms with Crippen LogP contribution in [-0.2, 0) is 0 Å². The Kier molecular flexibility index (Phi) is 4.77. The molecule has 0 aromatic heterocycles. The average molecular weight is 296 g/mol. The van der Waals surface area contributed by atoms with Gasteiger partial charge in [0.05, 0.1) is 12.5 Å². The molecule has 2 aliphatic carbocycles. The van der Waals surface area contributed by atoms with Crippen molar-refractivity contribution in [3.05, 3.63) is 35.4 Å². The quantitative estimate of drug-likeness (QED) is 0.815. The Balaban J connectivity index is 1.68. The van der Waals surface area contributed by atoms with Crippen LogP contribution >= 0.6 is 0 Å². The summed E-state index contributed by atoms with van der Waals surface area (Å²) in [6, 6.07) is 10.7. The molecule has 2 aliphatic rings. The van der Waals surface area contributed by atoms with E-state index in [9.17, 15) is 4.79 Å². The molecule has 2 fully saturated rings. The molecule has 2 saturated carbocycles. The summed E-state index contributed by atoms with van der Waals surface area (Å²) in [7, 11) is 0. The summed E-state index contributed by atoms with van der Waals surface area (Å²) in [6.45, 7) is 0.560. The fourth-order valence-corrected chi connectivity index (χ4v) is 3.51. The third kappa shape index (κ3) is 3.50. The molecule has 0 radical (unpaired) electrons. The van der Waals surface area contributed by atoms with Crippen LogP contribution in [0.25, 0.3) is 0 Å². The fraction of sp³-hybridized carbons (Fsp3) is 0.579. The molecule has 116 valence electrons. The van der Waals surface area contributed by atoms with Crippen molar-refractivity contribution in [3.63, 3.8) is 0 Å². The van der Waals surface area contributed by atoms with Crippen LogP contribution in [0.15, 0.2) is 24.3 Å². The Labute approximate surface area is 132 Å². The first-order chi connectivity index (χ1) is 10.8. The SMILES string of the molecule is N#CCCN(C(=O)c1ccc(C2CCCCC2)cc1)C1CC1. The maximum atomic E-state index is 12.6. The third-order valence-corrected chi connectivity index (χ3v) is 4.95. The van der Waals surface area contributed by atoms with Gasteiger partial charge in [-0.15, -0.1) is 0 Å². The summed E-state index contributed by atoms with van der Waals surface area (Å²) in [4.78, 5) is 14.5. The Bertz CT molecular complexity index is 548. The molecule has 1 amide bonds. The van der Waals surface area contributed by atoms with E-state index < -0.39 is 0 Å². The van der Waals surface area contributed by atoms with Crippen LogP contribution in [-0.4, -0.2) is 23.4 Å². The molecule has 0 N–H and O–H groups in total. The first-order valence-electron chi connectivity index (χ1n) is 8.57. The van der Waals surface area contributed by atoms with E-state index in [4.69, 9.17) is 5.26 Å². The first kappa shape index (κ1) is 15.1. The molecule has 0 unspecified atom stereocenters. The molecule has 0 saturated heterocycles. The van der Waals surface area contributed by atoms with Gasteiger partial charge >= 0.3 is 0 Å². The van der Waals surface area contributed by atoms with Crippen LogP contribution in [0.3, 0.4) is 0 Å². The largest absolute Gasteiger partial charge is 0.335 e. The minimum atomic E-state index is 0.0907. The number of hydrogen-bond donors (Lipinski definition) is 0. The van der Waals surface area contributed by atoms with E-state index >= 15 is 0 Å². The molecule has 3 nitrogen and oxygen atoms in total. The predicted octanol–water partition coefficient (Wildman–Crippen LogP) is 4.25. The van der Waals surface area contributed by atoms with Gasteiger partial charge in [-0.2, -0.15) is 5.26 Å². The van der Waals surface area contributed by atoms with Gasteiger partial charge in [0.1, 0.15) is 0 Å². The predicted molar refractivity (Wildman–Crippen MR) is 86.6 cm³/mol. The zero-order valence-corrected chi connectivity index (χ0v) is 13.1.